The van der Waals surface area contributed by atoms with Gasteiger partial charge in [0.2, 0.25) is 10.0 Å². The third-order valence-corrected chi connectivity index (χ3v) is 2.87. The van der Waals surface area contributed by atoms with Crippen LogP contribution in [0.1, 0.15) is 11.1 Å². The zero-order valence-electron chi connectivity index (χ0n) is 8.22. The van der Waals surface area contributed by atoms with Crippen LogP contribution in [0, 0.1) is 24.0 Å². The van der Waals surface area contributed by atoms with Crippen LogP contribution in [-0.2, 0) is 10.0 Å². The molecule has 82 valence electrons. The molecule has 15 heavy (non-hydrogen) atoms. The molecule has 0 heterocycles. The van der Waals surface area contributed by atoms with E-state index in [9.17, 15) is 18.5 Å². The highest BCUT2D eigenvalue weighted by Gasteiger charge is 2.18. The van der Waals surface area contributed by atoms with Gasteiger partial charge in [-0.3, -0.25) is 10.1 Å². The monoisotopic (exact) mass is 230 g/mol. The van der Waals surface area contributed by atoms with Gasteiger partial charge in [0.1, 0.15) is 0 Å². The van der Waals surface area contributed by atoms with Crippen molar-refractivity contribution < 1.29 is 13.3 Å². The van der Waals surface area contributed by atoms with E-state index in [-0.39, 0.29) is 21.7 Å². The molecule has 1 rings (SSSR count). The average Bonchev–Trinajstić information content (AvgIpc) is 1.99. The highest BCUT2D eigenvalue weighted by atomic mass is 32.2. The second kappa shape index (κ2) is 3.59. The number of rotatable bonds is 2. The van der Waals surface area contributed by atoms with Crippen LogP contribution < -0.4 is 5.14 Å². The number of nitrogens with zero attached hydrogens (tertiary/aromatic N) is 1. The molecule has 0 aromatic heterocycles. The second-order valence-electron chi connectivity index (χ2n) is 3.21. The van der Waals surface area contributed by atoms with Crippen LogP contribution in [0.5, 0.6) is 0 Å². The van der Waals surface area contributed by atoms with Crippen LogP contribution in [0.4, 0.5) is 5.69 Å². The van der Waals surface area contributed by atoms with E-state index >= 15 is 0 Å². The Hall–Kier alpha value is -1.47. The fraction of sp³-hybridized carbons (Fsp3) is 0.250. The Balaban J connectivity index is 3.52. The minimum Gasteiger partial charge on any atom is -0.258 e. The summed E-state index contributed by atoms with van der Waals surface area (Å²) in [4.78, 5) is 9.98. The molecule has 1 aromatic rings. The van der Waals surface area contributed by atoms with Gasteiger partial charge in [-0.25, -0.2) is 13.6 Å². The minimum atomic E-state index is -3.81. The predicted molar refractivity (Wildman–Crippen MR) is 53.9 cm³/mol. The van der Waals surface area contributed by atoms with Gasteiger partial charge in [-0.05, 0) is 26.0 Å². The van der Waals surface area contributed by atoms with Gasteiger partial charge in [0.25, 0.3) is 5.69 Å². The van der Waals surface area contributed by atoms with Gasteiger partial charge < -0.3 is 0 Å². The Labute approximate surface area is 86.9 Å². The molecule has 0 radical (unpaired) electrons. The normalized spacial score (nSPS) is 11.4. The van der Waals surface area contributed by atoms with E-state index in [1.165, 1.54) is 26.0 Å². The van der Waals surface area contributed by atoms with E-state index in [1.807, 2.05) is 0 Å². The first-order valence-electron chi connectivity index (χ1n) is 4.02. The van der Waals surface area contributed by atoms with E-state index in [2.05, 4.69) is 0 Å². The van der Waals surface area contributed by atoms with Crippen LogP contribution in [0.15, 0.2) is 17.0 Å². The standard InChI is InChI=1S/C8H10N2O4S/c1-5-3-7(15(9,13)14)4-6(2)8(5)10(11)12/h3-4H,1-2H3,(H2,9,13,14). The van der Waals surface area contributed by atoms with Crippen LogP contribution in [0.3, 0.4) is 0 Å². The second-order valence-corrected chi connectivity index (χ2v) is 4.77. The summed E-state index contributed by atoms with van der Waals surface area (Å²) in [6.07, 6.45) is 0. The first-order chi connectivity index (χ1) is 6.73. The first kappa shape index (κ1) is 11.6. The van der Waals surface area contributed by atoms with Gasteiger partial charge in [0, 0.05) is 11.1 Å². The predicted octanol–water partition coefficient (Wildman–Crippen LogP) is 0.859. The summed E-state index contributed by atoms with van der Waals surface area (Å²) < 4.78 is 22.1. The van der Waals surface area contributed by atoms with Crippen molar-refractivity contribution in [2.45, 2.75) is 18.7 Å². The fourth-order valence-corrected chi connectivity index (χ4v) is 2.05. The number of primary sulfonamides is 1. The van der Waals surface area contributed by atoms with Crippen molar-refractivity contribution in [1.82, 2.24) is 0 Å². The Bertz CT molecular complexity index is 498. The molecule has 0 aliphatic heterocycles. The van der Waals surface area contributed by atoms with E-state index in [4.69, 9.17) is 5.14 Å². The maximum Gasteiger partial charge on any atom is 0.275 e. The lowest BCUT2D eigenvalue weighted by Crippen LogP contribution is -2.13. The lowest BCUT2D eigenvalue weighted by molar-refractivity contribution is -0.386. The summed E-state index contributed by atoms with van der Waals surface area (Å²) in [5, 5.41) is 15.6. The molecule has 0 unspecified atom stereocenters. The molecule has 7 heteroatoms. The van der Waals surface area contributed by atoms with Gasteiger partial charge in [-0.15, -0.1) is 0 Å². The van der Waals surface area contributed by atoms with Crippen molar-refractivity contribution >= 4 is 15.7 Å². The summed E-state index contributed by atoms with van der Waals surface area (Å²) in [7, 11) is -3.81. The summed E-state index contributed by atoms with van der Waals surface area (Å²) in [6, 6.07) is 2.39. The van der Waals surface area contributed by atoms with Crippen LogP contribution >= 0.6 is 0 Å². The molecular weight excluding hydrogens is 220 g/mol. The van der Waals surface area contributed by atoms with Gasteiger partial charge in [0.15, 0.2) is 0 Å². The van der Waals surface area contributed by atoms with E-state index in [0.717, 1.165) is 0 Å². The Kier molecular flexibility index (Phi) is 2.78. The molecule has 0 aliphatic carbocycles. The Morgan fingerprint density at radius 1 is 1.27 bits per heavy atom. The first-order valence-corrected chi connectivity index (χ1v) is 5.56. The number of hydrogen-bond donors (Lipinski definition) is 1. The number of nitro benzene ring substituents is 1. The van der Waals surface area contributed by atoms with Crippen molar-refractivity contribution in [2.75, 3.05) is 0 Å². The Morgan fingerprint density at radius 2 is 1.67 bits per heavy atom. The van der Waals surface area contributed by atoms with Crippen molar-refractivity contribution in [1.29, 1.82) is 0 Å². The molecule has 1 aromatic carbocycles. The SMILES string of the molecule is Cc1cc(S(N)(=O)=O)cc(C)c1[N+](=O)[O-]. The Morgan fingerprint density at radius 3 is 1.93 bits per heavy atom. The molecule has 0 amide bonds. The summed E-state index contributed by atoms with van der Waals surface area (Å²) in [5.74, 6) is 0. The zero-order chi connectivity index (χ0) is 11.8. The third-order valence-electron chi connectivity index (χ3n) is 1.98. The topological polar surface area (TPSA) is 103 Å². The summed E-state index contributed by atoms with van der Waals surface area (Å²) in [5.41, 5.74) is 0.482. The average molecular weight is 230 g/mol. The van der Waals surface area contributed by atoms with Gasteiger partial charge >= 0.3 is 0 Å². The number of benzene rings is 1. The minimum absolute atomic E-state index is 0.0811. The molecule has 0 saturated carbocycles. The van der Waals surface area contributed by atoms with Crippen molar-refractivity contribution in [3.63, 3.8) is 0 Å². The zero-order valence-corrected chi connectivity index (χ0v) is 9.04. The van der Waals surface area contributed by atoms with Crippen molar-refractivity contribution in [3.8, 4) is 0 Å². The van der Waals surface area contributed by atoms with Crippen molar-refractivity contribution in [2.24, 2.45) is 5.14 Å². The molecular formula is C8H10N2O4S. The molecule has 0 saturated heterocycles. The van der Waals surface area contributed by atoms with Crippen LogP contribution in [0.2, 0.25) is 0 Å². The van der Waals surface area contributed by atoms with E-state index in [1.54, 1.807) is 0 Å². The van der Waals surface area contributed by atoms with Gasteiger partial charge in [-0.2, -0.15) is 0 Å². The van der Waals surface area contributed by atoms with Gasteiger partial charge in [-0.1, -0.05) is 0 Å². The highest BCUT2D eigenvalue weighted by molar-refractivity contribution is 7.89. The van der Waals surface area contributed by atoms with Crippen LogP contribution in [0.25, 0.3) is 0 Å². The molecule has 6 nitrogen and oxygen atoms in total. The number of aryl methyl sites for hydroxylation is 2. The molecule has 2 N–H and O–H groups in total. The third kappa shape index (κ3) is 2.31. The molecule has 0 aliphatic rings. The molecule has 0 spiro atoms. The summed E-state index contributed by atoms with van der Waals surface area (Å²) >= 11 is 0. The van der Waals surface area contributed by atoms with E-state index < -0.39 is 14.9 Å². The molecule has 0 atom stereocenters. The number of hydrogen-bond acceptors (Lipinski definition) is 4. The summed E-state index contributed by atoms with van der Waals surface area (Å²) in [6.45, 7) is 2.94. The maximum atomic E-state index is 11.0. The maximum absolute atomic E-state index is 11.0. The number of sulfonamides is 1. The highest BCUT2D eigenvalue weighted by Crippen LogP contribution is 2.25. The molecule has 0 bridgehead atoms. The molecule has 0 fully saturated rings. The number of nitro groups is 1. The van der Waals surface area contributed by atoms with Crippen LogP contribution in [-0.4, -0.2) is 13.3 Å². The number of nitrogens with two attached hydrogens (primary N) is 1. The smallest absolute Gasteiger partial charge is 0.258 e. The lowest BCUT2D eigenvalue weighted by atomic mass is 10.1. The van der Waals surface area contributed by atoms with Gasteiger partial charge in [0.05, 0.1) is 9.82 Å². The quantitative estimate of drug-likeness (QED) is 0.601. The largest absolute Gasteiger partial charge is 0.275 e. The van der Waals surface area contributed by atoms with E-state index in [0.29, 0.717) is 0 Å². The fourth-order valence-electron chi connectivity index (χ4n) is 1.37. The lowest BCUT2D eigenvalue weighted by Gasteiger charge is -2.04. The van der Waals surface area contributed by atoms with Crippen molar-refractivity contribution in [3.05, 3.63) is 33.4 Å².